The fraction of sp³-hybridized carbons (Fsp3) is 1.00. The highest BCUT2D eigenvalue weighted by Gasteiger charge is 2.23. The second kappa shape index (κ2) is 3.18. The maximum atomic E-state index is 5.16. The van der Waals surface area contributed by atoms with E-state index in [2.05, 4.69) is 0 Å². The van der Waals surface area contributed by atoms with E-state index in [9.17, 15) is 0 Å². The lowest BCUT2D eigenvalue weighted by Gasteiger charge is -2.06. The summed E-state index contributed by atoms with van der Waals surface area (Å²) < 4.78 is 10.3. The molecule has 1 aliphatic rings. The Morgan fingerprint density at radius 1 is 1.00 bits per heavy atom. The quantitative estimate of drug-likeness (QED) is 0.559. The Labute approximate surface area is 56.2 Å². The monoisotopic (exact) mass is 130 g/mol. The molecule has 0 radical (unpaired) electrons. The average Bonchev–Trinajstić information content (AvgIpc) is 2.34. The van der Waals surface area contributed by atoms with Gasteiger partial charge >= 0.3 is 0 Å². The van der Waals surface area contributed by atoms with E-state index >= 15 is 0 Å². The third-order valence-corrected chi connectivity index (χ3v) is 2.00. The van der Waals surface area contributed by atoms with Gasteiger partial charge in [0, 0.05) is 14.2 Å². The molecule has 0 unspecified atom stereocenters. The van der Waals surface area contributed by atoms with Gasteiger partial charge < -0.3 is 9.47 Å². The summed E-state index contributed by atoms with van der Waals surface area (Å²) in [6.07, 6.45) is 4.31. The molecule has 1 fully saturated rings. The molecule has 1 saturated carbocycles. The van der Waals surface area contributed by atoms with Crippen molar-refractivity contribution in [1.29, 1.82) is 0 Å². The first kappa shape index (κ1) is 7.03. The van der Waals surface area contributed by atoms with Gasteiger partial charge in [0.2, 0.25) is 0 Å². The van der Waals surface area contributed by atoms with Crippen molar-refractivity contribution in [3.05, 3.63) is 0 Å². The molecule has 0 saturated heterocycles. The fourth-order valence-corrected chi connectivity index (χ4v) is 1.33. The molecule has 0 bridgehead atoms. The molecule has 0 amide bonds. The lowest BCUT2D eigenvalue weighted by atomic mass is 10.3. The van der Waals surface area contributed by atoms with Gasteiger partial charge in [0.15, 0.2) is 0 Å². The highest BCUT2D eigenvalue weighted by atomic mass is 16.5. The van der Waals surface area contributed by atoms with Gasteiger partial charge in [-0.15, -0.1) is 0 Å². The normalized spacial score (nSPS) is 35.3. The summed E-state index contributed by atoms with van der Waals surface area (Å²) in [5, 5.41) is 0. The molecule has 0 aromatic carbocycles. The molecule has 54 valence electrons. The first-order chi connectivity index (χ1) is 4.36. The van der Waals surface area contributed by atoms with Gasteiger partial charge in [-0.2, -0.15) is 0 Å². The molecule has 0 heterocycles. The lowest BCUT2D eigenvalue weighted by Crippen LogP contribution is -2.08. The van der Waals surface area contributed by atoms with Gasteiger partial charge in [0.1, 0.15) is 0 Å². The second-order valence-electron chi connectivity index (χ2n) is 2.53. The van der Waals surface area contributed by atoms with Crippen molar-refractivity contribution in [3.8, 4) is 0 Å². The molecule has 2 nitrogen and oxygen atoms in total. The smallest absolute Gasteiger partial charge is 0.0597 e. The van der Waals surface area contributed by atoms with Gasteiger partial charge in [-0.1, -0.05) is 0 Å². The molecule has 2 atom stereocenters. The number of hydrogen-bond acceptors (Lipinski definition) is 2. The van der Waals surface area contributed by atoms with E-state index in [-0.39, 0.29) is 0 Å². The maximum Gasteiger partial charge on any atom is 0.0597 e. The van der Waals surface area contributed by atoms with Crippen LogP contribution in [-0.2, 0) is 9.47 Å². The zero-order chi connectivity index (χ0) is 6.69. The van der Waals surface area contributed by atoms with Gasteiger partial charge in [0.25, 0.3) is 0 Å². The lowest BCUT2D eigenvalue weighted by molar-refractivity contribution is 0.0687. The van der Waals surface area contributed by atoms with E-state index in [0.717, 1.165) is 19.3 Å². The minimum atomic E-state index is 0.454. The summed E-state index contributed by atoms with van der Waals surface area (Å²) >= 11 is 0. The van der Waals surface area contributed by atoms with Crippen LogP contribution in [0.25, 0.3) is 0 Å². The van der Waals surface area contributed by atoms with E-state index in [1.54, 1.807) is 14.2 Å². The first-order valence-corrected chi connectivity index (χ1v) is 3.42. The van der Waals surface area contributed by atoms with Crippen molar-refractivity contribution in [2.24, 2.45) is 0 Å². The minimum absolute atomic E-state index is 0.454. The van der Waals surface area contributed by atoms with Gasteiger partial charge in [-0.25, -0.2) is 0 Å². The van der Waals surface area contributed by atoms with Gasteiger partial charge in [-0.3, -0.25) is 0 Å². The van der Waals surface area contributed by atoms with Crippen molar-refractivity contribution in [3.63, 3.8) is 0 Å². The van der Waals surface area contributed by atoms with Crippen LogP contribution < -0.4 is 0 Å². The summed E-state index contributed by atoms with van der Waals surface area (Å²) in [5.41, 5.74) is 0. The molecule has 1 aliphatic carbocycles. The molecule has 0 aliphatic heterocycles. The maximum absolute atomic E-state index is 5.16. The molecule has 9 heavy (non-hydrogen) atoms. The molecule has 0 N–H and O–H groups in total. The topological polar surface area (TPSA) is 18.5 Å². The average molecular weight is 130 g/mol. The molecule has 0 aromatic rings. The largest absolute Gasteiger partial charge is 0.381 e. The molecular formula is C7H14O2. The SMILES string of the molecule is CO[C@@H]1CC[C@@H](OC)C1. The first-order valence-electron chi connectivity index (χ1n) is 3.42. The molecule has 1 rings (SSSR count). The predicted molar refractivity (Wildman–Crippen MR) is 35.4 cm³/mol. The Balaban J connectivity index is 2.20. The summed E-state index contributed by atoms with van der Waals surface area (Å²) in [7, 11) is 3.53. The Morgan fingerprint density at radius 3 is 1.67 bits per heavy atom. The zero-order valence-corrected chi connectivity index (χ0v) is 6.09. The van der Waals surface area contributed by atoms with E-state index in [0.29, 0.717) is 12.2 Å². The highest BCUT2D eigenvalue weighted by Crippen LogP contribution is 2.22. The zero-order valence-electron chi connectivity index (χ0n) is 6.09. The summed E-state index contributed by atoms with van der Waals surface area (Å²) in [6, 6.07) is 0. The number of rotatable bonds is 2. The van der Waals surface area contributed by atoms with E-state index in [1.165, 1.54) is 0 Å². The molecule has 0 spiro atoms. The van der Waals surface area contributed by atoms with Crippen LogP contribution in [0.3, 0.4) is 0 Å². The van der Waals surface area contributed by atoms with Crippen LogP contribution in [0.5, 0.6) is 0 Å². The van der Waals surface area contributed by atoms with E-state index in [4.69, 9.17) is 9.47 Å². The van der Waals surface area contributed by atoms with Crippen LogP contribution in [-0.4, -0.2) is 26.4 Å². The third kappa shape index (κ3) is 1.66. The van der Waals surface area contributed by atoms with Crippen molar-refractivity contribution < 1.29 is 9.47 Å². The number of methoxy groups -OCH3 is 2. The van der Waals surface area contributed by atoms with E-state index < -0.39 is 0 Å². The van der Waals surface area contributed by atoms with Crippen molar-refractivity contribution in [2.75, 3.05) is 14.2 Å². The van der Waals surface area contributed by atoms with Crippen molar-refractivity contribution in [1.82, 2.24) is 0 Å². The summed E-state index contributed by atoms with van der Waals surface area (Å²) in [5.74, 6) is 0. The second-order valence-corrected chi connectivity index (χ2v) is 2.53. The highest BCUT2D eigenvalue weighted by molar-refractivity contribution is 4.75. The summed E-state index contributed by atoms with van der Waals surface area (Å²) in [6.45, 7) is 0. The van der Waals surface area contributed by atoms with Crippen LogP contribution in [0.15, 0.2) is 0 Å². The van der Waals surface area contributed by atoms with Crippen LogP contribution in [0, 0.1) is 0 Å². The summed E-state index contributed by atoms with van der Waals surface area (Å²) in [4.78, 5) is 0. The predicted octanol–water partition coefficient (Wildman–Crippen LogP) is 1.20. The minimum Gasteiger partial charge on any atom is -0.381 e. The van der Waals surface area contributed by atoms with Crippen LogP contribution >= 0.6 is 0 Å². The van der Waals surface area contributed by atoms with Gasteiger partial charge in [-0.05, 0) is 19.3 Å². The molecule has 2 heteroatoms. The van der Waals surface area contributed by atoms with Crippen molar-refractivity contribution in [2.45, 2.75) is 31.5 Å². The molecular weight excluding hydrogens is 116 g/mol. The standard InChI is InChI=1S/C7H14O2/c1-8-6-3-4-7(5-6)9-2/h6-7H,3-5H2,1-2H3/t6-,7-/m1/s1. The third-order valence-electron chi connectivity index (χ3n) is 2.00. The van der Waals surface area contributed by atoms with Crippen LogP contribution in [0.1, 0.15) is 19.3 Å². The van der Waals surface area contributed by atoms with Gasteiger partial charge in [0.05, 0.1) is 12.2 Å². The Kier molecular flexibility index (Phi) is 2.49. The Bertz CT molecular complexity index is 73.0. The number of hydrogen-bond donors (Lipinski definition) is 0. The van der Waals surface area contributed by atoms with Crippen LogP contribution in [0.2, 0.25) is 0 Å². The fourth-order valence-electron chi connectivity index (χ4n) is 1.33. The molecule has 0 aromatic heterocycles. The van der Waals surface area contributed by atoms with Crippen LogP contribution in [0.4, 0.5) is 0 Å². The Hall–Kier alpha value is -0.0800. The number of ether oxygens (including phenoxy) is 2. The van der Waals surface area contributed by atoms with Crippen molar-refractivity contribution >= 4 is 0 Å². The van der Waals surface area contributed by atoms with E-state index in [1.807, 2.05) is 0 Å². The Morgan fingerprint density at radius 2 is 1.44 bits per heavy atom.